The molecule has 1 amide bonds. The van der Waals surface area contributed by atoms with Gasteiger partial charge in [-0.2, -0.15) is 4.31 Å². The van der Waals surface area contributed by atoms with Crippen LogP contribution in [-0.2, 0) is 26.0 Å². The number of rotatable bonds is 9. The number of carboxylic acids is 1. The number of hydrogen-bond acceptors (Lipinski definition) is 4. The second-order valence-corrected chi connectivity index (χ2v) is 9.05. The molecule has 0 spiro atoms. The zero-order chi connectivity index (χ0) is 19.9. The Labute approximate surface area is 160 Å². The van der Waals surface area contributed by atoms with Gasteiger partial charge in [0.15, 0.2) is 0 Å². The van der Waals surface area contributed by atoms with E-state index in [1.807, 2.05) is 0 Å². The summed E-state index contributed by atoms with van der Waals surface area (Å²) < 4.78 is 26.8. The summed E-state index contributed by atoms with van der Waals surface area (Å²) in [6, 6.07) is 6.70. The van der Waals surface area contributed by atoms with Crippen LogP contribution >= 0.6 is 0 Å². The zero-order valence-electron chi connectivity index (χ0n) is 15.7. The molecule has 150 valence electrons. The molecule has 0 aliphatic carbocycles. The van der Waals surface area contributed by atoms with Crippen molar-refractivity contribution < 1.29 is 23.1 Å². The minimum Gasteiger partial charge on any atom is -0.481 e. The second-order valence-electron chi connectivity index (χ2n) is 7.12. The number of carboxylic acid groups (broad SMARTS) is 1. The van der Waals surface area contributed by atoms with Crippen molar-refractivity contribution in [1.29, 1.82) is 0 Å². The van der Waals surface area contributed by atoms with E-state index in [1.54, 1.807) is 31.2 Å². The van der Waals surface area contributed by atoms with Crippen LogP contribution in [0.25, 0.3) is 0 Å². The summed E-state index contributed by atoms with van der Waals surface area (Å²) in [4.78, 5) is 22.8. The summed E-state index contributed by atoms with van der Waals surface area (Å²) in [5.41, 5.74) is 0.890. The van der Waals surface area contributed by atoms with Gasteiger partial charge in [-0.25, -0.2) is 8.42 Å². The molecule has 1 aliphatic heterocycles. The third-order valence-electron chi connectivity index (χ3n) is 4.69. The monoisotopic (exact) mass is 396 g/mol. The Hall–Kier alpha value is -1.93. The molecule has 1 unspecified atom stereocenters. The van der Waals surface area contributed by atoms with Gasteiger partial charge in [0, 0.05) is 32.5 Å². The Morgan fingerprint density at radius 3 is 2.37 bits per heavy atom. The van der Waals surface area contributed by atoms with Gasteiger partial charge in [0.2, 0.25) is 15.9 Å². The molecule has 1 saturated heterocycles. The number of carbonyl (C=O) groups is 2. The molecule has 0 aromatic heterocycles. The number of carbonyl (C=O) groups excluding carboxylic acids is 1. The first-order valence-electron chi connectivity index (χ1n) is 9.36. The van der Waals surface area contributed by atoms with Gasteiger partial charge >= 0.3 is 5.97 Å². The number of nitrogens with one attached hydrogen (secondary N) is 1. The molecule has 2 N–H and O–H groups in total. The number of aliphatic carboxylic acids is 1. The second kappa shape index (κ2) is 9.85. The number of sulfonamides is 1. The van der Waals surface area contributed by atoms with Crippen LogP contribution in [-0.4, -0.2) is 49.3 Å². The Morgan fingerprint density at radius 2 is 1.78 bits per heavy atom. The third kappa shape index (κ3) is 6.62. The van der Waals surface area contributed by atoms with Crippen molar-refractivity contribution in [2.45, 2.75) is 50.3 Å². The summed E-state index contributed by atoms with van der Waals surface area (Å²) in [5, 5.41) is 11.4. The van der Waals surface area contributed by atoms with Gasteiger partial charge in [0.1, 0.15) is 0 Å². The number of benzene rings is 1. The largest absolute Gasteiger partial charge is 0.481 e. The number of amides is 1. The molecule has 0 saturated carbocycles. The van der Waals surface area contributed by atoms with Gasteiger partial charge in [-0.1, -0.05) is 25.5 Å². The van der Waals surface area contributed by atoms with Crippen LogP contribution in [0.5, 0.6) is 0 Å². The molecular weight excluding hydrogens is 368 g/mol. The van der Waals surface area contributed by atoms with Gasteiger partial charge in [-0.15, -0.1) is 0 Å². The van der Waals surface area contributed by atoms with Gasteiger partial charge in [-0.3, -0.25) is 9.59 Å². The van der Waals surface area contributed by atoms with Crippen molar-refractivity contribution in [2.75, 3.05) is 19.6 Å². The number of aryl methyl sites for hydroxylation is 1. The summed E-state index contributed by atoms with van der Waals surface area (Å²) in [6.45, 7) is 3.25. The highest BCUT2D eigenvalue weighted by Gasteiger charge is 2.25. The van der Waals surface area contributed by atoms with Crippen LogP contribution in [0.1, 0.15) is 44.6 Å². The van der Waals surface area contributed by atoms with Crippen LogP contribution < -0.4 is 5.32 Å². The number of hydrogen-bond donors (Lipinski definition) is 2. The molecule has 1 aromatic carbocycles. The fraction of sp³-hybridized carbons (Fsp3) is 0.579. The molecule has 1 aromatic rings. The predicted octanol–water partition coefficient (Wildman–Crippen LogP) is 2.02. The molecule has 1 aliphatic rings. The van der Waals surface area contributed by atoms with E-state index in [9.17, 15) is 18.0 Å². The first-order valence-corrected chi connectivity index (χ1v) is 10.8. The molecule has 0 bridgehead atoms. The zero-order valence-corrected chi connectivity index (χ0v) is 16.5. The first-order chi connectivity index (χ1) is 12.8. The molecule has 1 heterocycles. The highest BCUT2D eigenvalue weighted by Crippen LogP contribution is 2.21. The summed E-state index contributed by atoms with van der Waals surface area (Å²) in [5.74, 6) is -1.14. The highest BCUT2D eigenvalue weighted by atomic mass is 32.2. The van der Waals surface area contributed by atoms with E-state index in [4.69, 9.17) is 5.11 Å². The van der Waals surface area contributed by atoms with E-state index in [1.165, 1.54) is 4.31 Å². The van der Waals surface area contributed by atoms with Gasteiger partial charge in [0.25, 0.3) is 0 Å². The highest BCUT2D eigenvalue weighted by molar-refractivity contribution is 7.89. The van der Waals surface area contributed by atoms with Crippen LogP contribution in [0.3, 0.4) is 0 Å². The molecule has 0 radical (unpaired) electrons. The normalized spacial score (nSPS) is 16.6. The maximum absolute atomic E-state index is 12.6. The van der Waals surface area contributed by atoms with Crippen molar-refractivity contribution in [3.63, 3.8) is 0 Å². The minimum atomic E-state index is -3.43. The van der Waals surface area contributed by atoms with Crippen molar-refractivity contribution in [3.05, 3.63) is 29.8 Å². The fourth-order valence-corrected chi connectivity index (χ4v) is 4.60. The molecule has 7 nitrogen and oxygen atoms in total. The first kappa shape index (κ1) is 21.4. The molecule has 2 rings (SSSR count). The van der Waals surface area contributed by atoms with Crippen molar-refractivity contribution in [1.82, 2.24) is 9.62 Å². The smallest absolute Gasteiger partial charge is 0.303 e. The maximum Gasteiger partial charge on any atom is 0.303 e. The van der Waals surface area contributed by atoms with E-state index < -0.39 is 16.0 Å². The average Bonchev–Trinajstić information content (AvgIpc) is 2.65. The molecule has 8 heteroatoms. The van der Waals surface area contributed by atoms with E-state index in [0.717, 1.165) is 24.8 Å². The molecular formula is C19H28N2O5S. The van der Waals surface area contributed by atoms with Crippen LogP contribution in [0.4, 0.5) is 0 Å². The third-order valence-corrected chi connectivity index (χ3v) is 6.60. The lowest BCUT2D eigenvalue weighted by atomic mass is 10.1. The summed E-state index contributed by atoms with van der Waals surface area (Å²) in [7, 11) is -3.43. The number of piperidine rings is 1. The van der Waals surface area contributed by atoms with E-state index in [-0.39, 0.29) is 24.7 Å². The molecule has 1 fully saturated rings. The van der Waals surface area contributed by atoms with Crippen LogP contribution in [0, 0.1) is 5.92 Å². The van der Waals surface area contributed by atoms with Gasteiger partial charge in [0.05, 0.1) is 4.90 Å². The fourth-order valence-electron chi connectivity index (χ4n) is 3.09. The molecule has 1 atom stereocenters. The lowest BCUT2D eigenvalue weighted by Crippen LogP contribution is -2.35. The van der Waals surface area contributed by atoms with Crippen molar-refractivity contribution >= 4 is 21.9 Å². The quantitative estimate of drug-likeness (QED) is 0.665. The summed E-state index contributed by atoms with van der Waals surface area (Å²) >= 11 is 0. The topological polar surface area (TPSA) is 104 Å². The van der Waals surface area contributed by atoms with E-state index in [0.29, 0.717) is 31.0 Å². The van der Waals surface area contributed by atoms with E-state index in [2.05, 4.69) is 5.32 Å². The number of nitrogens with zero attached hydrogens (tertiary/aromatic N) is 1. The SMILES string of the molecule is CC(CNC(=O)CCc1ccc(S(=O)(=O)N2CCCCC2)cc1)CC(=O)O. The lowest BCUT2D eigenvalue weighted by Gasteiger charge is -2.25. The minimum absolute atomic E-state index is 0.0211. The Balaban J connectivity index is 1.83. The van der Waals surface area contributed by atoms with E-state index >= 15 is 0 Å². The Morgan fingerprint density at radius 1 is 1.15 bits per heavy atom. The average molecular weight is 397 g/mol. The van der Waals surface area contributed by atoms with Crippen LogP contribution in [0.2, 0.25) is 0 Å². The predicted molar refractivity (Wildman–Crippen MR) is 102 cm³/mol. The standard InChI is InChI=1S/C19H28N2O5S/c1-15(13-19(23)24)14-20-18(22)10-7-16-5-8-17(9-6-16)27(25,26)21-11-3-2-4-12-21/h5-6,8-9,15H,2-4,7,10-14H2,1H3,(H,20,22)(H,23,24). The lowest BCUT2D eigenvalue weighted by molar-refractivity contribution is -0.138. The van der Waals surface area contributed by atoms with Crippen molar-refractivity contribution in [2.24, 2.45) is 5.92 Å². The molecule has 27 heavy (non-hydrogen) atoms. The van der Waals surface area contributed by atoms with Gasteiger partial charge in [-0.05, 0) is 42.9 Å². The maximum atomic E-state index is 12.6. The Bertz CT molecular complexity index is 740. The van der Waals surface area contributed by atoms with Crippen LogP contribution in [0.15, 0.2) is 29.2 Å². The van der Waals surface area contributed by atoms with Crippen molar-refractivity contribution in [3.8, 4) is 0 Å². The Kier molecular flexibility index (Phi) is 7.79. The summed E-state index contributed by atoms with van der Waals surface area (Å²) in [6.07, 6.45) is 3.67. The van der Waals surface area contributed by atoms with Gasteiger partial charge < -0.3 is 10.4 Å².